The molecule has 0 aromatic carbocycles. The highest BCUT2D eigenvalue weighted by molar-refractivity contribution is 7.18. The van der Waals surface area contributed by atoms with E-state index >= 15 is 0 Å². The van der Waals surface area contributed by atoms with Gasteiger partial charge >= 0.3 is 0 Å². The molecule has 0 aliphatic heterocycles. The van der Waals surface area contributed by atoms with Crippen LogP contribution in [0.4, 0.5) is 5.82 Å². The molecule has 1 fully saturated rings. The molecule has 0 radical (unpaired) electrons. The number of nitrogens with one attached hydrogen (secondary N) is 1. The van der Waals surface area contributed by atoms with Crippen LogP contribution in [0.3, 0.4) is 0 Å². The maximum atomic E-state index is 5.92. The first-order valence-corrected chi connectivity index (χ1v) is 8.80. The van der Waals surface area contributed by atoms with Gasteiger partial charge in [-0.25, -0.2) is 9.97 Å². The Hall–Kier alpha value is -1.20. The fourth-order valence-corrected chi connectivity index (χ4v) is 4.25. The molecule has 2 heterocycles. The molecule has 0 bridgehead atoms. The second-order valence-electron chi connectivity index (χ2n) is 5.93. The second kappa shape index (κ2) is 6.71. The van der Waals surface area contributed by atoms with Crippen molar-refractivity contribution in [3.63, 3.8) is 0 Å². The molecule has 21 heavy (non-hydrogen) atoms. The Kier molecular flexibility index (Phi) is 4.70. The first kappa shape index (κ1) is 14.7. The molecule has 0 spiro atoms. The quantitative estimate of drug-likeness (QED) is 0.888. The zero-order valence-electron chi connectivity index (χ0n) is 12.6. The topological polar surface area (TPSA) is 63.8 Å². The Morgan fingerprint density at radius 1 is 1.29 bits per heavy atom. The van der Waals surface area contributed by atoms with Crippen molar-refractivity contribution in [1.29, 1.82) is 0 Å². The number of thiophene rings is 1. The van der Waals surface area contributed by atoms with Crippen molar-refractivity contribution in [3.8, 4) is 0 Å². The molecule has 1 saturated carbocycles. The maximum absolute atomic E-state index is 5.92. The van der Waals surface area contributed by atoms with Crippen LogP contribution < -0.4 is 11.1 Å². The van der Waals surface area contributed by atoms with Crippen molar-refractivity contribution < 1.29 is 0 Å². The van der Waals surface area contributed by atoms with Crippen molar-refractivity contribution in [1.82, 2.24) is 9.97 Å². The highest BCUT2D eigenvalue weighted by Gasteiger charge is 2.24. The Balaban J connectivity index is 1.74. The van der Waals surface area contributed by atoms with E-state index < -0.39 is 0 Å². The van der Waals surface area contributed by atoms with E-state index in [1.54, 1.807) is 17.7 Å². The molecule has 0 amide bonds. The number of aryl methyl sites for hydroxylation is 1. The average molecular weight is 304 g/mol. The summed E-state index contributed by atoms with van der Waals surface area (Å²) in [7, 11) is 0. The van der Waals surface area contributed by atoms with Gasteiger partial charge in [-0.15, -0.1) is 11.3 Å². The van der Waals surface area contributed by atoms with Crippen LogP contribution in [0.2, 0.25) is 0 Å². The minimum atomic E-state index is 0.664. The molecule has 2 unspecified atom stereocenters. The molecule has 2 atom stereocenters. The number of nitrogens with two attached hydrogens (primary N) is 1. The van der Waals surface area contributed by atoms with Crippen LogP contribution in [0.1, 0.15) is 37.5 Å². The summed E-state index contributed by atoms with van der Waals surface area (Å²) < 4.78 is 0. The van der Waals surface area contributed by atoms with Crippen molar-refractivity contribution in [3.05, 3.63) is 17.3 Å². The fraction of sp³-hybridized carbons (Fsp3) is 0.625. The van der Waals surface area contributed by atoms with Gasteiger partial charge in [-0.1, -0.05) is 19.8 Å². The molecule has 5 heteroatoms. The fourth-order valence-electron chi connectivity index (χ4n) is 3.31. The summed E-state index contributed by atoms with van der Waals surface area (Å²) in [6, 6.07) is 2.23. The number of hydrogen-bond acceptors (Lipinski definition) is 5. The summed E-state index contributed by atoms with van der Waals surface area (Å²) in [5.41, 5.74) is 5.92. The first-order valence-electron chi connectivity index (χ1n) is 7.99. The normalized spacial score (nSPS) is 22.6. The lowest BCUT2D eigenvalue weighted by Gasteiger charge is -2.30. The lowest BCUT2D eigenvalue weighted by Crippen LogP contribution is -2.31. The van der Waals surface area contributed by atoms with Crippen LogP contribution in [-0.2, 0) is 6.42 Å². The summed E-state index contributed by atoms with van der Waals surface area (Å²) in [5.74, 6) is 2.33. The molecular formula is C16H24N4S. The summed E-state index contributed by atoms with van der Waals surface area (Å²) in [6.45, 7) is 3.97. The second-order valence-corrected chi connectivity index (χ2v) is 7.04. The van der Waals surface area contributed by atoms with Crippen LogP contribution in [-0.4, -0.2) is 23.1 Å². The van der Waals surface area contributed by atoms with E-state index in [1.807, 2.05) is 0 Å². The van der Waals surface area contributed by atoms with Gasteiger partial charge in [-0.05, 0) is 43.7 Å². The minimum absolute atomic E-state index is 0.664. The third-order valence-corrected chi connectivity index (χ3v) is 5.82. The molecule has 0 saturated heterocycles. The monoisotopic (exact) mass is 304 g/mol. The Bertz CT molecular complexity index is 595. The Morgan fingerprint density at radius 2 is 2.10 bits per heavy atom. The van der Waals surface area contributed by atoms with Crippen molar-refractivity contribution in [2.45, 2.75) is 39.0 Å². The number of hydrogen-bond donors (Lipinski definition) is 2. The zero-order chi connectivity index (χ0) is 14.7. The van der Waals surface area contributed by atoms with Gasteiger partial charge in [-0.3, -0.25) is 0 Å². The lowest BCUT2D eigenvalue weighted by molar-refractivity contribution is 0.255. The predicted octanol–water partition coefficient (Wildman–Crippen LogP) is 3.43. The van der Waals surface area contributed by atoms with Gasteiger partial charge < -0.3 is 11.1 Å². The third-order valence-electron chi connectivity index (χ3n) is 4.63. The number of rotatable bonds is 5. The highest BCUT2D eigenvalue weighted by atomic mass is 32.1. The van der Waals surface area contributed by atoms with E-state index in [-0.39, 0.29) is 0 Å². The molecule has 114 valence electrons. The minimum Gasteiger partial charge on any atom is -0.369 e. The molecular weight excluding hydrogens is 280 g/mol. The van der Waals surface area contributed by atoms with Crippen LogP contribution >= 0.6 is 11.3 Å². The summed E-state index contributed by atoms with van der Waals surface area (Å²) >= 11 is 1.77. The van der Waals surface area contributed by atoms with Gasteiger partial charge in [0.25, 0.3) is 0 Å². The first-order chi connectivity index (χ1) is 10.3. The molecule has 4 nitrogen and oxygen atoms in total. The summed E-state index contributed by atoms with van der Waals surface area (Å²) in [5, 5.41) is 4.73. The number of aromatic nitrogens is 2. The third kappa shape index (κ3) is 3.19. The van der Waals surface area contributed by atoms with E-state index in [4.69, 9.17) is 5.73 Å². The van der Waals surface area contributed by atoms with Gasteiger partial charge in [0.1, 0.15) is 17.0 Å². The molecule has 1 aliphatic rings. The van der Waals surface area contributed by atoms with Crippen LogP contribution in [0.5, 0.6) is 0 Å². The highest BCUT2D eigenvalue weighted by Crippen LogP contribution is 2.31. The molecule has 2 aromatic heterocycles. The number of anilines is 1. The van der Waals surface area contributed by atoms with E-state index in [0.29, 0.717) is 11.8 Å². The smallest absolute Gasteiger partial charge is 0.138 e. The Morgan fingerprint density at radius 3 is 2.86 bits per heavy atom. The van der Waals surface area contributed by atoms with Gasteiger partial charge in [-0.2, -0.15) is 0 Å². The van der Waals surface area contributed by atoms with E-state index in [9.17, 15) is 0 Å². The molecule has 1 aliphatic carbocycles. The van der Waals surface area contributed by atoms with E-state index in [1.165, 1.54) is 35.9 Å². The van der Waals surface area contributed by atoms with Crippen molar-refractivity contribution >= 4 is 27.4 Å². The molecule has 3 N–H and O–H groups in total. The van der Waals surface area contributed by atoms with Gasteiger partial charge in [0.2, 0.25) is 0 Å². The van der Waals surface area contributed by atoms with Crippen LogP contribution in [0.15, 0.2) is 12.4 Å². The summed E-state index contributed by atoms with van der Waals surface area (Å²) in [6.07, 6.45) is 7.95. The predicted molar refractivity (Wildman–Crippen MR) is 89.8 cm³/mol. The standard InChI is InChI=1S/C16H24N4S/c1-2-13-7-14-15(19-10-20-16(14)21-13)18-9-12-6-4-3-5-11(12)8-17/h7,10-12H,2-6,8-9,17H2,1H3,(H,18,19,20). The summed E-state index contributed by atoms with van der Waals surface area (Å²) in [4.78, 5) is 11.3. The van der Waals surface area contributed by atoms with E-state index in [2.05, 4.69) is 28.3 Å². The zero-order valence-corrected chi connectivity index (χ0v) is 13.5. The number of fused-ring (bicyclic) bond motifs is 1. The van der Waals surface area contributed by atoms with Gasteiger partial charge in [0, 0.05) is 11.4 Å². The lowest BCUT2D eigenvalue weighted by atomic mass is 9.79. The van der Waals surface area contributed by atoms with Gasteiger partial charge in [0.15, 0.2) is 0 Å². The molecule has 3 rings (SSSR count). The number of nitrogens with zero attached hydrogens (tertiary/aromatic N) is 2. The maximum Gasteiger partial charge on any atom is 0.138 e. The molecule has 2 aromatic rings. The Labute approximate surface area is 130 Å². The van der Waals surface area contributed by atoms with E-state index in [0.717, 1.165) is 30.2 Å². The largest absolute Gasteiger partial charge is 0.369 e. The SMILES string of the molecule is CCc1cc2c(NCC3CCCCC3CN)ncnc2s1. The average Bonchev–Trinajstić information content (AvgIpc) is 2.97. The van der Waals surface area contributed by atoms with Gasteiger partial charge in [0.05, 0.1) is 5.39 Å². The van der Waals surface area contributed by atoms with Crippen molar-refractivity contribution in [2.75, 3.05) is 18.4 Å². The van der Waals surface area contributed by atoms with Crippen LogP contribution in [0.25, 0.3) is 10.2 Å². The van der Waals surface area contributed by atoms with Crippen molar-refractivity contribution in [2.24, 2.45) is 17.6 Å². The van der Waals surface area contributed by atoms with Crippen LogP contribution in [0, 0.1) is 11.8 Å².